The predicted octanol–water partition coefficient (Wildman–Crippen LogP) is 3.97. The summed E-state index contributed by atoms with van der Waals surface area (Å²) < 4.78 is 1.08. The van der Waals surface area contributed by atoms with Crippen LogP contribution in [0.4, 0.5) is 5.69 Å². The highest BCUT2D eigenvalue weighted by Gasteiger charge is 2.42. The van der Waals surface area contributed by atoms with Crippen molar-refractivity contribution in [2.45, 2.75) is 19.3 Å². The number of amides is 2. The zero-order valence-electron chi connectivity index (χ0n) is 12.2. The fraction of sp³-hybridized carbons (Fsp3) is 0.222. The van der Waals surface area contributed by atoms with E-state index in [1.165, 1.54) is 4.90 Å². The highest BCUT2D eigenvalue weighted by atomic mass is 127. The normalized spacial score (nSPS) is 19.5. The number of imide groups is 1. The van der Waals surface area contributed by atoms with Crippen molar-refractivity contribution in [3.8, 4) is 0 Å². The Morgan fingerprint density at radius 2 is 1.68 bits per heavy atom. The average Bonchev–Trinajstić information content (AvgIpc) is 2.83. The molecule has 0 radical (unpaired) electrons. The molecule has 0 spiro atoms. The van der Waals surface area contributed by atoms with Gasteiger partial charge < -0.3 is 0 Å². The summed E-state index contributed by atoms with van der Waals surface area (Å²) in [5.74, 6) is -0.456. The van der Waals surface area contributed by atoms with Gasteiger partial charge in [0.1, 0.15) is 0 Å². The molecule has 0 aliphatic carbocycles. The van der Waals surface area contributed by atoms with E-state index in [-0.39, 0.29) is 30.1 Å². The Bertz CT molecular complexity index is 697. The predicted molar refractivity (Wildman–Crippen MR) is 94.6 cm³/mol. The Morgan fingerprint density at radius 1 is 1.05 bits per heavy atom. The van der Waals surface area contributed by atoms with Gasteiger partial charge in [0.15, 0.2) is 0 Å². The van der Waals surface area contributed by atoms with Gasteiger partial charge in [-0.25, -0.2) is 0 Å². The van der Waals surface area contributed by atoms with Crippen LogP contribution in [-0.4, -0.2) is 11.8 Å². The van der Waals surface area contributed by atoms with Gasteiger partial charge in [-0.05, 0) is 58.3 Å². The van der Waals surface area contributed by atoms with Gasteiger partial charge in [0.05, 0.1) is 11.6 Å². The summed E-state index contributed by atoms with van der Waals surface area (Å²) in [4.78, 5) is 26.4. The second-order valence-corrected chi connectivity index (χ2v) is 6.80. The molecule has 1 heterocycles. The number of nitrogens with zero attached hydrogens (tertiary/aromatic N) is 1. The highest BCUT2D eigenvalue weighted by Crippen LogP contribution is 2.35. The minimum absolute atomic E-state index is 0.0338. The Hall–Kier alpha value is -1.69. The molecular formula is C18H16INO2. The van der Waals surface area contributed by atoms with Crippen LogP contribution < -0.4 is 4.90 Å². The molecular weight excluding hydrogens is 389 g/mol. The molecule has 0 N–H and O–H groups in total. The maximum atomic E-state index is 12.7. The number of hydrogen-bond donors (Lipinski definition) is 0. The third-order valence-corrected chi connectivity index (χ3v) is 4.91. The summed E-state index contributed by atoms with van der Waals surface area (Å²) >= 11 is 2.20. The van der Waals surface area contributed by atoms with E-state index in [0.717, 1.165) is 9.13 Å². The molecule has 1 aliphatic rings. The first-order valence-electron chi connectivity index (χ1n) is 7.25. The number of halogens is 1. The molecule has 4 heteroatoms. The molecule has 0 unspecified atom stereocenters. The largest absolute Gasteiger partial charge is 0.274 e. The Balaban J connectivity index is 1.87. The third-order valence-electron chi connectivity index (χ3n) is 4.20. The lowest BCUT2D eigenvalue weighted by Crippen LogP contribution is -2.31. The van der Waals surface area contributed by atoms with Gasteiger partial charge in [-0.2, -0.15) is 0 Å². The lowest BCUT2D eigenvalue weighted by molar-refractivity contribution is -0.122. The van der Waals surface area contributed by atoms with E-state index in [9.17, 15) is 9.59 Å². The molecule has 2 atom stereocenters. The van der Waals surface area contributed by atoms with Crippen LogP contribution in [0, 0.1) is 9.49 Å². The first-order valence-corrected chi connectivity index (χ1v) is 8.33. The third kappa shape index (κ3) is 2.79. The van der Waals surface area contributed by atoms with E-state index >= 15 is 0 Å². The van der Waals surface area contributed by atoms with Crippen molar-refractivity contribution in [2.75, 3.05) is 4.90 Å². The summed E-state index contributed by atoms with van der Waals surface area (Å²) in [6.07, 6.45) is 0.279. The van der Waals surface area contributed by atoms with Crippen molar-refractivity contribution in [3.63, 3.8) is 0 Å². The fourth-order valence-corrected chi connectivity index (χ4v) is 3.26. The van der Waals surface area contributed by atoms with Crippen molar-refractivity contribution in [3.05, 3.63) is 63.7 Å². The Kier molecular flexibility index (Phi) is 4.29. The molecule has 2 aromatic carbocycles. The molecule has 112 valence electrons. The zero-order valence-corrected chi connectivity index (χ0v) is 14.4. The minimum Gasteiger partial charge on any atom is -0.274 e. The lowest BCUT2D eigenvalue weighted by atomic mass is 9.86. The molecule has 1 saturated heterocycles. The van der Waals surface area contributed by atoms with E-state index in [4.69, 9.17) is 0 Å². The molecule has 2 aromatic rings. The van der Waals surface area contributed by atoms with Crippen LogP contribution in [0.25, 0.3) is 0 Å². The van der Waals surface area contributed by atoms with Gasteiger partial charge in [-0.15, -0.1) is 0 Å². The molecule has 3 nitrogen and oxygen atoms in total. The fourth-order valence-electron chi connectivity index (χ4n) is 2.90. The smallest absolute Gasteiger partial charge is 0.237 e. The lowest BCUT2D eigenvalue weighted by Gasteiger charge is -2.19. The van der Waals surface area contributed by atoms with Gasteiger partial charge in [0, 0.05) is 9.99 Å². The molecule has 0 bridgehead atoms. The molecule has 0 saturated carbocycles. The SMILES string of the molecule is C[C@H](c1ccccc1)[C@H]1CC(=O)N(c2ccc(I)cc2)C1=O. The van der Waals surface area contributed by atoms with Crippen LogP contribution in [-0.2, 0) is 9.59 Å². The second-order valence-electron chi connectivity index (χ2n) is 5.55. The van der Waals surface area contributed by atoms with E-state index in [2.05, 4.69) is 22.6 Å². The topological polar surface area (TPSA) is 37.4 Å². The molecule has 1 aliphatic heterocycles. The monoisotopic (exact) mass is 405 g/mol. The number of benzene rings is 2. The van der Waals surface area contributed by atoms with Gasteiger partial charge >= 0.3 is 0 Å². The van der Waals surface area contributed by atoms with Crippen LogP contribution in [0.3, 0.4) is 0 Å². The molecule has 0 aromatic heterocycles. The van der Waals surface area contributed by atoms with Gasteiger partial charge in [0.25, 0.3) is 0 Å². The number of carbonyl (C=O) groups excluding carboxylic acids is 2. The van der Waals surface area contributed by atoms with Crippen molar-refractivity contribution in [1.29, 1.82) is 0 Å². The highest BCUT2D eigenvalue weighted by molar-refractivity contribution is 14.1. The van der Waals surface area contributed by atoms with Crippen molar-refractivity contribution in [2.24, 2.45) is 5.92 Å². The van der Waals surface area contributed by atoms with Gasteiger partial charge in [0.2, 0.25) is 11.8 Å². The summed E-state index contributed by atoms with van der Waals surface area (Å²) in [7, 11) is 0. The number of anilines is 1. The van der Waals surface area contributed by atoms with Crippen molar-refractivity contribution < 1.29 is 9.59 Å². The van der Waals surface area contributed by atoms with Crippen LogP contribution in [0.15, 0.2) is 54.6 Å². The summed E-state index contributed by atoms with van der Waals surface area (Å²) in [5.41, 5.74) is 1.76. The summed E-state index contributed by atoms with van der Waals surface area (Å²) in [6.45, 7) is 2.02. The van der Waals surface area contributed by atoms with E-state index in [0.29, 0.717) is 5.69 Å². The molecule has 2 amide bonds. The van der Waals surface area contributed by atoms with Gasteiger partial charge in [-0.3, -0.25) is 14.5 Å². The zero-order chi connectivity index (χ0) is 15.7. The van der Waals surface area contributed by atoms with Crippen molar-refractivity contribution >= 4 is 40.1 Å². The van der Waals surface area contributed by atoms with Crippen molar-refractivity contribution in [1.82, 2.24) is 0 Å². The summed E-state index contributed by atoms with van der Waals surface area (Å²) in [6, 6.07) is 17.4. The number of hydrogen-bond acceptors (Lipinski definition) is 2. The number of carbonyl (C=O) groups is 2. The van der Waals surface area contributed by atoms with E-state index in [1.54, 1.807) is 0 Å². The molecule has 22 heavy (non-hydrogen) atoms. The second kappa shape index (κ2) is 6.20. The van der Waals surface area contributed by atoms with E-state index < -0.39 is 0 Å². The first kappa shape index (κ1) is 15.2. The standard InChI is InChI=1S/C18H16INO2/c1-12(13-5-3-2-4-6-13)16-11-17(21)20(18(16)22)15-9-7-14(19)8-10-15/h2-10,12,16H,11H2,1H3/t12-,16-/m1/s1. The molecule has 1 fully saturated rings. The summed E-state index contributed by atoms with van der Waals surface area (Å²) in [5, 5.41) is 0. The Morgan fingerprint density at radius 3 is 2.32 bits per heavy atom. The quantitative estimate of drug-likeness (QED) is 0.573. The maximum absolute atomic E-state index is 12.7. The minimum atomic E-state index is -0.283. The Labute approximate surface area is 143 Å². The maximum Gasteiger partial charge on any atom is 0.237 e. The molecule has 3 rings (SSSR count). The average molecular weight is 405 g/mol. The first-order chi connectivity index (χ1) is 10.6. The number of rotatable bonds is 3. The van der Waals surface area contributed by atoms with Crippen LogP contribution in [0.1, 0.15) is 24.8 Å². The van der Waals surface area contributed by atoms with Gasteiger partial charge in [-0.1, -0.05) is 37.3 Å². The van der Waals surface area contributed by atoms with Crippen LogP contribution in [0.2, 0.25) is 0 Å². The van der Waals surface area contributed by atoms with E-state index in [1.807, 2.05) is 61.5 Å². The van der Waals surface area contributed by atoms with Crippen LogP contribution >= 0.6 is 22.6 Å². The van der Waals surface area contributed by atoms with Crippen LogP contribution in [0.5, 0.6) is 0 Å².